The Kier molecular flexibility index (Phi) is 0.993. The molecule has 3 nitrogen and oxygen atoms in total. The molecule has 1 saturated carbocycles. The van der Waals surface area contributed by atoms with Gasteiger partial charge in [-0.25, -0.2) is 4.79 Å². The van der Waals surface area contributed by atoms with Crippen molar-refractivity contribution in [2.45, 2.75) is 25.3 Å². The molecule has 2 rings (SSSR count). The van der Waals surface area contributed by atoms with Gasteiger partial charge in [-0.2, -0.15) is 0 Å². The molecule has 3 heteroatoms. The molecule has 0 aromatic heterocycles. The predicted octanol–water partition coefficient (Wildman–Crippen LogP) is 0.895. The second-order valence-electron chi connectivity index (χ2n) is 3.30. The van der Waals surface area contributed by atoms with Crippen molar-refractivity contribution >= 4 is 6.09 Å². The maximum Gasteiger partial charge on any atom is 0.407 e. The van der Waals surface area contributed by atoms with Crippen LogP contribution in [0.25, 0.3) is 0 Å². The highest BCUT2D eigenvalue weighted by molar-refractivity contribution is 5.71. The molecule has 0 bridgehead atoms. The number of ether oxygens (including phenoxy) is 1. The van der Waals surface area contributed by atoms with Crippen LogP contribution in [-0.4, -0.2) is 18.2 Å². The van der Waals surface area contributed by atoms with Crippen LogP contribution in [0.15, 0.2) is 0 Å². The van der Waals surface area contributed by atoms with Gasteiger partial charge >= 0.3 is 6.09 Å². The molecule has 1 amide bonds. The summed E-state index contributed by atoms with van der Waals surface area (Å²) in [5, 5.41) is 2.86. The lowest BCUT2D eigenvalue weighted by molar-refractivity contribution is 0.0969. The fourth-order valence-corrected chi connectivity index (χ4v) is 1.65. The second-order valence-corrected chi connectivity index (χ2v) is 3.30. The van der Waals surface area contributed by atoms with E-state index < -0.39 is 0 Å². The monoisotopic (exact) mass is 141 g/mol. The van der Waals surface area contributed by atoms with Gasteiger partial charge in [0, 0.05) is 0 Å². The SMILES string of the molecule is CC1CCC12COC(=O)N2. The van der Waals surface area contributed by atoms with Crippen LogP contribution in [0, 0.1) is 5.92 Å². The van der Waals surface area contributed by atoms with Gasteiger partial charge in [-0.3, -0.25) is 0 Å². The normalized spacial score (nSPS) is 44.5. The molecular formula is C7H11NO2. The minimum atomic E-state index is -0.244. The largest absolute Gasteiger partial charge is 0.447 e. The van der Waals surface area contributed by atoms with Crippen molar-refractivity contribution in [3.63, 3.8) is 0 Å². The molecule has 1 aliphatic carbocycles. The lowest BCUT2D eigenvalue weighted by Crippen LogP contribution is -2.55. The fraction of sp³-hybridized carbons (Fsp3) is 0.857. The van der Waals surface area contributed by atoms with E-state index in [2.05, 4.69) is 12.2 Å². The Hall–Kier alpha value is -0.730. The summed E-state index contributed by atoms with van der Waals surface area (Å²) in [5.74, 6) is 0.596. The van der Waals surface area contributed by atoms with Gasteiger partial charge in [-0.05, 0) is 18.8 Å². The highest BCUT2D eigenvalue weighted by Gasteiger charge is 2.50. The van der Waals surface area contributed by atoms with Crippen LogP contribution in [-0.2, 0) is 4.74 Å². The van der Waals surface area contributed by atoms with E-state index in [1.165, 1.54) is 6.42 Å². The Bertz CT molecular complexity index is 180. The first-order chi connectivity index (χ1) is 4.73. The predicted molar refractivity (Wildman–Crippen MR) is 35.6 cm³/mol. The van der Waals surface area contributed by atoms with Gasteiger partial charge in [0.15, 0.2) is 0 Å². The van der Waals surface area contributed by atoms with Crippen molar-refractivity contribution in [1.29, 1.82) is 0 Å². The first-order valence-electron chi connectivity index (χ1n) is 3.68. The average Bonchev–Trinajstić information content (AvgIpc) is 2.31. The van der Waals surface area contributed by atoms with Crippen LogP contribution >= 0.6 is 0 Å². The van der Waals surface area contributed by atoms with E-state index in [0.717, 1.165) is 6.42 Å². The first kappa shape index (κ1) is 6.01. The second kappa shape index (κ2) is 1.65. The summed E-state index contributed by atoms with van der Waals surface area (Å²) in [6.07, 6.45) is 2.05. The van der Waals surface area contributed by atoms with E-state index in [-0.39, 0.29) is 11.6 Å². The van der Waals surface area contributed by atoms with Crippen LogP contribution in [0.5, 0.6) is 0 Å². The zero-order chi connectivity index (χ0) is 7.19. The van der Waals surface area contributed by atoms with Crippen LogP contribution in [0.3, 0.4) is 0 Å². The first-order valence-corrected chi connectivity index (χ1v) is 3.68. The van der Waals surface area contributed by atoms with Crippen molar-refractivity contribution in [3.05, 3.63) is 0 Å². The Labute approximate surface area is 59.7 Å². The van der Waals surface area contributed by atoms with E-state index in [1.807, 2.05) is 0 Å². The zero-order valence-electron chi connectivity index (χ0n) is 6.02. The number of rotatable bonds is 0. The molecule has 2 fully saturated rings. The Morgan fingerprint density at radius 2 is 2.60 bits per heavy atom. The van der Waals surface area contributed by atoms with E-state index in [4.69, 9.17) is 4.74 Å². The summed E-state index contributed by atoms with van der Waals surface area (Å²) in [5.41, 5.74) is 0.0249. The number of alkyl carbamates (subject to hydrolysis) is 1. The van der Waals surface area contributed by atoms with Gasteiger partial charge in [-0.15, -0.1) is 0 Å². The third-order valence-corrected chi connectivity index (χ3v) is 2.78. The van der Waals surface area contributed by atoms with Gasteiger partial charge in [0.2, 0.25) is 0 Å². The minimum absolute atomic E-state index is 0.0249. The molecule has 56 valence electrons. The summed E-state index contributed by atoms with van der Waals surface area (Å²) in [6, 6.07) is 0. The molecule has 0 aromatic rings. The van der Waals surface area contributed by atoms with Gasteiger partial charge in [0.25, 0.3) is 0 Å². The van der Waals surface area contributed by atoms with Crippen LogP contribution in [0.1, 0.15) is 19.8 Å². The summed E-state index contributed by atoms with van der Waals surface area (Å²) in [4.78, 5) is 10.7. The van der Waals surface area contributed by atoms with Gasteiger partial charge in [-0.1, -0.05) is 6.92 Å². The van der Waals surface area contributed by atoms with E-state index in [9.17, 15) is 4.79 Å². The molecule has 0 aromatic carbocycles. The molecule has 10 heavy (non-hydrogen) atoms. The van der Waals surface area contributed by atoms with Crippen molar-refractivity contribution in [3.8, 4) is 0 Å². The highest BCUT2D eigenvalue weighted by atomic mass is 16.6. The van der Waals surface area contributed by atoms with Gasteiger partial charge < -0.3 is 10.1 Å². The third-order valence-electron chi connectivity index (χ3n) is 2.78. The molecule has 2 aliphatic rings. The zero-order valence-corrected chi connectivity index (χ0v) is 6.02. The smallest absolute Gasteiger partial charge is 0.407 e. The van der Waals surface area contributed by atoms with E-state index in [1.54, 1.807) is 0 Å². The molecule has 0 radical (unpaired) electrons. The van der Waals surface area contributed by atoms with Gasteiger partial charge in [0.05, 0.1) is 5.54 Å². The molecule has 1 saturated heterocycles. The van der Waals surface area contributed by atoms with Crippen molar-refractivity contribution in [1.82, 2.24) is 5.32 Å². The molecular weight excluding hydrogens is 130 g/mol. The highest BCUT2D eigenvalue weighted by Crippen LogP contribution is 2.40. The van der Waals surface area contributed by atoms with E-state index in [0.29, 0.717) is 12.5 Å². The summed E-state index contributed by atoms with van der Waals surface area (Å²) < 4.78 is 4.83. The lowest BCUT2D eigenvalue weighted by atomic mass is 9.68. The maximum atomic E-state index is 10.7. The quantitative estimate of drug-likeness (QED) is 0.544. The summed E-state index contributed by atoms with van der Waals surface area (Å²) in [7, 11) is 0. The fourth-order valence-electron chi connectivity index (χ4n) is 1.65. The Morgan fingerprint density at radius 1 is 1.80 bits per heavy atom. The van der Waals surface area contributed by atoms with E-state index >= 15 is 0 Å². The van der Waals surface area contributed by atoms with Crippen LogP contribution in [0.2, 0.25) is 0 Å². The number of hydrogen-bond acceptors (Lipinski definition) is 2. The number of nitrogens with one attached hydrogen (secondary N) is 1. The molecule has 1 aliphatic heterocycles. The van der Waals surface area contributed by atoms with Crippen molar-refractivity contribution in [2.24, 2.45) is 5.92 Å². The summed E-state index contributed by atoms with van der Waals surface area (Å²) in [6.45, 7) is 2.73. The van der Waals surface area contributed by atoms with Crippen molar-refractivity contribution < 1.29 is 9.53 Å². The Balaban J connectivity index is 2.11. The number of cyclic esters (lactones) is 1. The van der Waals surface area contributed by atoms with Crippen LogP contribution in [0.4, 0.5) is 4.79 Å². The molecule has 1 heterocycles. The lowest BCUT2D eigenvalue weighted by Gasteiger charge is -2.42. The number of carbonyl (C=O) groups is 1. The molecule has 2 atom stereocenters. The maximum absolute atomic E-state index is 10.7. The Morgan fingerprint density at radius 3 is 2.80 bits per heavy atom. The topological polar surface area (TPSA) is 38.3 Å². The molecule has 1 spiro atoms. The van der Waals surface area contributed by atoms with Gasteiger partial charge in [0.1, 0.15) is 6.61 Å². The number of amides is 1. The minimum Gasteiger partial charge on any atom is -0.447 e. The number of carbonyl (C=O) groups excluding carboxylic acids is 1. The molecule has 1 N–H and O–H groups in total. The van der Waals surface area contributed by atoms with Crippen molar-refractivity contribution in [2.75, 3.05) is 6.61 Å². The average molecular weight is 141 g/mol. The number of hydrogen-bond donors (Lipinski definition) is 1. The standard InChI is InChI=1S/C7H11NO2/c1-5-2-3-7(5)4-10-6(9)8-7/h5H,2-4H2,1H3,(H,8,9). The third kappa shape index (κ3) is 0.576. The summed E-state index contributed by atoms with van der Waals surface area (Å²) >= 11 is 0. The van der Waals surface area contributed by atoms with Crippen LogP contribution < -0.4 is 5.32 Å². The molecule has 2 unspecified atom stereocenters.